The van der Waals surface area contributed by atoms with Crippen LogP contribution < -0.4 is 0 Å². The van der Waals surface area contributed by atoms with Gasteiger partial charge in [0, 0.05) is 17.4 Å². The molecule has 4 nitrogen and oxygen atoms in total. The summed E-state index contributed by atoms with van der Waals surface area (Å²) in [6.45, 7) is 2.12. The third kappa shape index (κ3) is 2.20. The number of aromatic nitrogens is 2. The van der Waals surface area contributed by atoms with E-state index in [4.69, 9.17) is 5.11 Å². The van der Waals surface area contributed by atoms with Gasteiger partial charge in [-0.3, -0.25) is 4.79 Å². The van der Waals surface area contributed by atoms with E-state index in [9.17, 15) is 4.79 Å². The second-order valence-corrected chi connectivity index (χ2v) is 8.28. The molecule has 4 bridgehead atoms. The van der Waals surface area contributed by atoms with Crippen molar-refractivity contribution in [1.82, 2.24) is 9.55 Å². The number of carboxylic acid groups (broad SMARTS) is 1. The minimum Gasteiger partial charge on any atom is -0.481 e. The minimum absolute atomic E-state index is 0.100. The van der Waals surface area contributed by atoms with E-state index < -0.39 is 5.97 Å². The highest BCUT2D eigenvalue weighted by molar-refractivity contribution is 7.99. The van der Waals surface area contributed by atoms with Crippen LogP contribution in [0.4, 0.5) is 0 Å². The quantitative estimate of drug-likeness (QED) is 0.867. The van der Waals surface area contributed by atoms with Gasteiger partial charge in [0.1, 0.15) is 0 Å². The van der Waals surface area contributed by atoms with Crippen LogP contribution in [0, 0.1) is 24.7 Å². The largest absolute Gasteiger partial charge is 0.481 e. The zero-order chi connectivity index (χ0) is 14.6. The third-order valence-corrected chi connectivity index (χ3v) is 6.65. The third-order valence-electron chi connectivity index (χ3n) is 5.71. The number of hydrogen-bond donors (Lipinski definition) is 1. The van der Waals surface area contributed by atoms with Gasteiger partial charge in [-0.05, 0) is 63.2 Å². The Morgan fingerprint density at radius 3 is 2.43 bits per heavy atom. The zero-order valence-corrected chi connectivity index (χ0v) is 13.2. The number of carbonyl (C=O) groups is 1. The van der Waals surface area contributed by atoms with Gasteiger partial charge in [-0.2, -0.15) is 0 Å². The van der Waals surface area contributed by atoms with Gasteiger partial charge in [-0.1, -0.05) is 11.8 Å². The van der Waals surface area contributed by atoms with Gasteiger partial charge >= 0.3 is 5.97 Å². The highest BCUT2D eigenvalue weighted by atomic mass is 32.2. The summed E-state index contributed by atoms with van der Waals surface area (Å²) in [6, 6.07) is 0. The first-order chi connectivity index (χ1) is 10.1. The predicted molar refractivity (Wildman–Crippen MR) is 81.5 cm³/mol. The molecule has 0 amide bonds. The fourth-order valence-corrected chi connectivity index (χ4v) is 6.41. The standard InChI is InChI=1S/C16H22N2O2S/c1-10-8-17-15(21-9-14(19)20)18(10)16-5-11-2-12(6-16)4-13(3-11)7-16/h8,11-13H,2-7,9H2,1H3,(H,19,20). The molecule has 5 heteroatoms. The Balaban J connectivity index is 1.69. The van der Waals surface area contributed by atoms with Crippen molar-refractivity contribution < 1.29 is 9.90 Å². The van der Waals surface area contributed by atoms with Crippen LogP contribution >= 0.6 is 11.8 Å². The Morgan fingerprint density at radius 1 is 1.33 bits per heavy atom. The average molecular weight is 306 g/mol. The highest BCUT2D eigenvalue weighted by Crippen LogP contribution is 2.59. The molecule has 1 aromatic rings. The summed E-state index contributed by atoms with van der Waals surface area (Å²) in [7, 11) is 0. The van der Waals surface area contributed by atoms with Crippen LogP contribution in [0.3, 0.4) is 0 Å². The molecule has 0 aliphatic heterocycles. The summed E-state index contributed by atoms with van der Waals surface area (Å²) >= 11 is 1.38. The summed E-state index contributed by atoms with van der Waals surface area (Å²) in [6.07, 6.45) is 10.0. The van der Waals surface area contributed by atoms with Crippen molar-refractivity contribution in [3.63, 3.8) is 0 Å². The summed E-state index contributed by atoms with van der Waals surface area (Å²) in [5.41, 5.74) is 1.43. The van der Waals surface area contributed by atoms with Crippen LogP contribution in [0.25, 0.3) is 0 Å². The van der Waals surface area contributed by atoms with E-state index in [1.54, 1.807) is 0 Å². The van der Waals surface area contributed by atoms with E-state index in [0.29, 0.717) is 0 Å². The molecule has 0 aromatic carbocycles. The predicted octanol–water partition coefficient (Wildman–Crippen LogP) is 3.29. The Hall–Kier alpha value is -0.970. The first kappa shape index (κ1) is 13.7. The number of thioether (sulfide) groups is 1. The molecule has 0 saturated heterocycles. The molecule has 21 heavy (non-hydrogen) atoms. The lowest BCUT2D eigenvalue weighted by Crippen LogP contribution is -2.52. The number of nitrogens with zero attached hydrogens (tertiary/aromatic N) is 2. The molecule has 0 atom stereocenters. The van der Waals surface area contributed by atoms with Crippen molar-refractivity contribution in [3.8, 4) is 0 Å². The Bertz CT molecular complexity index is 546. The molecule has 114 valence electrons. The minimum atomic E-state index is -0.766. The topological polar surface area (TPSA) is 55.1 Å². The fraction of sp³-hybridized carbons (Fsp3) is 0.750. The smallest absolute Gasteiger partial charge is 0.313 e. The summed E-state index contributed by atoms with van der Waals surface area (Å²) in [5.74, 6) is 1.99. The number of aliphatic carboxylic acids is 1. The van der Waals surface area contributed by atoms with Crippen LogP contribution in [0.2, 0.25) is 0 Å². The molecule has 0 radical (unpaired) electrons. The van der Waals surface area contributed by atoms with Crippen molar-refractivity contribution in [3.05, 3.63) is 11.9 Å². The summed E-state index contributed by atoms with van der Waals surface area (Å²) in [4.78, 5) is 15.4. The Morgan fingerprint density at radius 2 is 1.90 bits per heavy atom. The van der Waals surface area contributed by atoms with Crippen LogP contribution in [0.1, 0.15) is 44.2 Å². The van der Waals surface area contributed by atoms with Gasteiger partial charge in [0.05, 0.1) is 5.75 Å². The normalized spacial score (nSPS) is 37.1. The molecular formula is C16H22N2O2S. The molecule has 1 aromatic heterocycles. The monoisotopic (exact) mass is 306 g/mol. The fourth-order valence-electron chi connectivity index (χ4n) is 5.56. The van der Waals surface area contributed by atoms with Crippen molar-refractivity contribution in [2.24, 2.45) is 17.8 Å². The lowest BCUT2D eigenvalue weighted by atomic mass is 9.53. The second kappa shape index (κ2) is 4.77. The van der Waals surface area contributed by atoms with Crippen LogP contribution in [-0.2, 0) is 10.3 Å². The lowest BCUT2D eigenvalue weighted by molar-refractivity contribution is -0.133. The second-order valence-electron chi connectivity index (χ2n) is 7.34. The molecule has 4 aliphatic rings. The SMILES string of the molecule is Cc1cnc(SCC(=O)O)n1C12CC3CC(CC(C3)C1)C2. The van der Waals surface area contributed by atoms with Gasteiger partial charge in [-0.15, -0.1) is 0 Å². The van der Waals surface area contributed by atoms with Crippen LogP contribution in [0.5, 0.6) is 0 Å². The first-order valence-electron chi connectivity index (χ1n) is 7.95. The molecule has 4 saturated carbocycles. The van der Waals surface area contributed by atoms with E-state index in [0.717, 1.165) is 22.9 Å². The van der Waals surface area contributed by atoms with E-state index in [1.165, 1.54) is 56.0 Å². The molecule has 0 unspecified atom stereocenters. The van der Waals surface area contributed by atoms with E-state index in [-0.39, 0.29) is 11.3 Å². The van der Waals surface area contributed by atoms with Crippen molar-refractivity contribution in [2.45, 2.75) is 56.1 Å². The Kier molecular flexibility index (Phi) is 3.10. The average Bonchev–Trinajstić information content (AvgIpc) is 2.76. The van der Waals surface area contributed by atoms with E-state index in [2.05, 4.69) is 16.5 Å². The maximum Gasteiger partial charge on any atom is 0.313 e. The van der Waals surface area contributed by atoms with Crippen molar-refractivity contribution >= 4 is 17.7 Å². The zero-order valence-electron chi connectivity index (χ0n) is 12.4. The molecule has 4 fully saturated rings. The number of imidazole rings is 1. The summed E-state index contributed by atoms with van der Waals surface area (Å²) in [5, 5.41) is 9.86. The van der Waals surface area contributed by atoms with Crippen molar-refractivity contribution in [2.75, 3.05) is 5.75 Å². The molecule has 5 rings (SSSR count). The molecule has 0 spiro atoms. The maximum absolute atomic E-state index is 10.9. The van der Waals surface area contributed by atoms with Gasteiger partial charge in [0.2, 0.25) is 0 Å². The van der Waals surface area contributed by atoms with Gasteiger partial charge in [-0.25, -0.2) is 4.98 Å². The highest BCUT2D eigenvalue weighted by Gasteiger charge is 2.52. The number of rotatable bonds is 4. The van der Waals surface area contributed by atoms with Gasteiger partial charge < -0.3 is 9.67 Å². The van der Waals surface area contributed by atoms with Gasteiger partial charge in [0.25, 0.3) is 0 Å². The number of carboxylic acids is 1. The maximum atomic E-state index is 10.9. The van der Waals surface area contributed by atoms with Crippen LogP contribution in [-0.4, -0.2) is 26.4 Å². The number of hydrogen-bond acceptors (Lipinski definition) is 3. The molecule has 1 heterocycles. The van der Waals surface area contributed by atoms with Crippen LogP contribution in [0.15, 0.2) is 11.4 Å². The molecule has 1 N–H and O–H groups in total. The summed E-state index contributed by atoms with van der Waals surface area (Å²) < 4.78 is 2.41. The Labute approximate surface area is 129 Å². The van der Waals surface area contributed by atoms with Gasteiger partial charge in [0.15, 0.2) is 5.16 Å². The number of aryl methyl sites for hydroxylation is 1. The van der Waals surface area contributed by atoms with E-state index >= 15 is 0 Å². The van der Waals surface area contributed by atoms with E-state index in [1.807, 2.05) is 6.20 Å². The first-order valence-corrected chi connectivity index (χ1v) is 8.94. The lowest BCUT2D eigenvalue weighted by Gasteiger charge is -2.57. The van der Waals surface area contributed by atoms with Crippen molar-refractivity contribution in [1.29, 1.82) is 0 Å². The molecule has 4 aliphatic carbocycles. The molecular weight excluding hydrogens is 284 g/mol.